The second kappa shape index (κ2) is 4.97. The zero-order chi connectivity index (χ0) is 10.6. The van der Waals surface area contributed by atoms with Crippen LogP contribution in [0.1, 0.15) is 17.8 Å². The monoisotopic (exact) mass is 212 g/mol. The molecule has 1 unspecified atom stereocenters. The summed E-state index contributed by atoms with van der Waals surface area (Å²) in [6, 6.07) is 4.43. The van der Waals surface area contributed by atoms with Gasteiger partial charge in [0.25, 0.3) is 0 Å². The van der Waals surface area contributed by atoms with Crippen LogP contribution >= 0.6 is 11.3 Å². The number of rotatable bonds is 2. The zero-order valence-electron chi connectivity index (χ0n) is 8.69. The first-order valence-electron chi connectivity index (χ1n) is 4.40. The van der Waals surface area contributed by atoms with E-state index in [1.807, 2.05) is 18.0 Å². The predicted molar refractivity (Wildman–Crippen MR) is 61.2 cm³/mol. The standard InChI is InChI=1S/C9H16N4S/c1-7(8-5-4-6-14-8)13(3)9(11-2)12-10/h4-7H,10H2,1-3H3,(H,11,12). The van der Waals surface area contributed by atoms with E-state index in [2.05, 4.69) is 28.8 Å². The molecule has 0 saturated heterocycles. The highest BCUT2D eigenvalue weighted by molar-refractivity contribution is 7.10. The Bertz CT molecular complexity index is 294. The Morgan fingerprint density at radius 2 is 2.43 bits per heavy atom. The lowest BCUT2D eigenvalue weighted by Gasteiger charge is -2.26. The SMILES string of the molecule is CN=C(NN)N(C)C(C)c1cccs1. The molecule has 3 N–H and O–H groups in total. The van der Waals surface area contributed by atoms with Gasteiger partial charge in [0.05, 0.1) is 6.04 Å². The van der Waals surface area contributed by atoms with E-state index in [4.69, 9.17) is 5.84 Å². The van der Waals surface area contributed by atoms with Crippen molar-refractivity contribution in [2.75, 3.05) is 14.1 Å². The molecular formula is C9H16N4S. The van der Waals surface area contributed by atoms with E-state index in [1.165, 1.54) is 4.88 Å². The maximum Gasteiger partial charge on any atom is 0.208 e. The Labute approximate surface area is 88.4 Å². The quantitative estimate of drug-likeness (QED) is 0.335. The highest BCUT2D eigenvalue weighted by atomic mass is 32.1. The summed E-state index contributed by atoms with van der Waals surface area (Å²) in [4.78, 5) is 7.35. The molecule has 0 bridgehead atoms. The molecule has 1 aromatic rings. The van der Waals surface area contributed by atoms with Gasteiger partial charge in [0.2, 0.25) is 5.96 Å². The summed E-state index contributed by atoms with van der Waals surface area (Å²) in [6.07, 6.45) is 0. The van der Waals surface area contributed by atoms with Crippen molar-refractivity contribution in [3.05, 3.63) is 22.4 Å². The van der Waals surface area contributed by atoms with Crippen molar-refractivity contribution in [2.24, 2.45) is 10.8 Å². The fourth-order valence-electron chi connectivity index (χ4n) is 1.23. The van der Waals surface area contributed by atoms with Gasteiger partial charge < -0.3 is 4.90 Å². The van der Waals surface area contributed by atoms with Crippen molar-refractivity contribution >= 4 is 17.3 Å². The minimum absolute atomic E-state index is 0.282. The van der Waals surface area contributed by atoms with Crippen LogP contribution in [0.4, 0.5) is 0 Å². The first-order valence-corrected chi connectivity index (χ1v) is 5.28. The van der Waals surface area contributed by atoms with E-state index in [-0.39, 0.29) is 6.04 Å². The molecular weight excluding hydrogens is 196 g/mol. The Kier molecular flexibility index (Phi) is 3.91. The minimum atomic E-state index is 0.282. The average Bonchev–Trinajstić information content (AvgIpc) is 2.71. The van der Waals surface area contributed by atoms with Crippen LogP contribution < -0.4 is 11.3 Å². The van der Waals surface area contributed by atoms with E-state index in [0.717, 1.165) is 0 Å². The van der Waals surface area contributed by atoms with E-state index >= 15 is 0 Å². The van der Waals surface area contributed by atoms with Gasteiger partial charge in [0.1, 0.15) is 0 Å². The van der Waals surface area contributed by atoms with E-state index in [1.54, 1.807) is 18.4 Å². The molecule has 0 fully saturated rings. The van der Waals surface area contributed by atoms with Crippen molar-refractivity contribution in [3.8, 4) is 0 Å². The van der Waals surface area contributed by atoms with Gasteiger partial charge in [-0.2, -0.15) is 0 Å². The minimum Gasteiger partial charge on any atom is -0.337 e. The molecule has 0 saturated carbocycles. The smallest absolute Gasteiger partial charge is 0.208 e. The molecule has 1 aromatic heterocycles. The topological polar surface area (TPSA) is 53.6 Å². The van der Waals surface area contributed by atoms with Crippen LogP contribution in [0.5, 0.6) is 0 Å². The van der Waals surface area contributed by atoms with Crippen LogP contribution in [-0.2, 0) is 0 Å². The number of nitrogens with one attached hydrogen (secondary N) is 1. The summed E-state index contributed by atoms with van der Waals surface area (Å²) in [5.74, 6) is 6.04. The number of guanidine groups is 1. The first-order chi connectivity index (χ1) is 6.70. The normalized spacial score (nSPS) is 13.9. The molecule has 4 nitrogen and oxygen atoms in total. The molecule has 0 radical (unpaired) electrons. The summed E-state index contributed by atoms with van der Waals surface area (Å²) in [5, 5.41) is 2.07. The van der Waals surface area contributed by atoms with Crippen LogP contribution in [0.25, 0.3) is 0 Å². The molecule has 0 aliphatic rings. The number of hydrogen-bond acceptors (Lipinski definition) is 3. The fraction of sp³-hybridized carbons (Fsp3) is 0.444. The van der Waals surface area contributed by atoms with Crippen LogP contribution in [-0.4, -0.2) is 25.0 Å². The molecule has 0 aliphatic carbocycles. The van der Waals surface area contributed by atoms with Crippen LogP contribution in [0.15, 0.2) is 22.5 Å². The van der Waals surface area contributed by atoms with Crippen molar-refractivity contribution in [3.63, 3.8) is 0 Å². The summed E-state index contributed by atoms with van der Waals surface area (Å²) < 4.78 is 0. The van der Waals surface area contributed by atoms with Crippen molar-refractivity contribution in [1.29, 1.82) is 0 Å². The van der Waals surface area contributed by atoms with Gasteiger partial charge in [-0.05, 0) is 18.4 Å². The van der Waals surface area contributed by atoms with E-state index in [0.29, 0.717) is 5.96 Å². The predicted octanol–water partition coefficient (Wildman–Crippen LogP) is 1.19. The largest absolute Gasteiger partial charge is 0.337 e. The molecule has 5 heteroatoms. The lowest BCUT2D eigenvalue weighted by Crippen LogP contribution is -2.43. The van der Waals surface area contributed by atoms with Gasteiger partial charge in [-0.3, -0.25) is 10.4 Å². The zero-order valence-corrected chi connectivity index (χ0v) is 9.51. The number of thiophene rings is 1. The number of nitrogens with zero attached hydrogens (tertiary/aromatic N) is 2. The summed E-state index contributed by atoms with van der Waals surface area (Å²) >= 11 is 1.73. The number of hydrazine groups is 1. The van der Waals surface area contributed by atoms with Gasteiger partial charge in [-0.1, -0.05) is 6.07 Å². The maximum absolute atomic E-state index is 5.36. The average molecular weight is 212 g/mol. The number of hydrogen-bond donors (Lipinski definition) is 2. The molecule has 1 atom stereocenters. The molecule has 0 spiro atoms. The number of nitrogens with two attached hydrogens (primary N) is 1. The third-order valence-electron chi connectivity index (χ3n) is 2.21. The molecule has 1 rings (SSSR count). The first kappa shape index (κ1) is 11.0. The summed E-state index contributed by atoms with van der Waals surface area (Å²) in [7, 11) is 3.68. The molecule has 0 aliphatic heterocycles. The maximum atomic E-state index is 5.36. The van der Waals surface area contributed by atoms with Crippen molar-refractivity contribution in [1.82, 2.24) is 10.3 Å². The molecule has 0 amide bonds. The Morgan fingerprint density at radius 1 is 1.71 bits per heavy atom. The van der Waals surface area contributed by atoms with Gasteiger partial charge in [-0.15, -0.1) is 11.3 Å². The van der Waals surface area contributed by atoms with E-state index in [9.17, 15) is 0 Å². The summed E-state index contributed by atoms with van der Waals surface area (Å²) in [5.41, 5.74) is 2.57. The third kappa shape index (κ3) is 2.24. The molecule has 0 aromatic carbocycles. The summed E-state index contributed by atoms with van der Waals surface area (Å²) in [6.45, 7) is 2.12. The van der Waals surface area contributed by atoms with Crippen LogP contribution in [0, 0.1) is 0 Å². The Morgan fingerprint density at radius 3 is 2.86 bits per heavy atom. The van der Waals surface area contributed by atoms with Crippen molar-refractivity contribution in [2.45, 2.75) is 13.0 Å². The molecule has 14 heavy (non-hydrogen) atoms. The third-order valence-corrected chi connectivity index (χ3v) is 3.25. The molecule has 1 heterocycles. The number of aliphatic imine (C=N–C) groups is 1. The second-order valence-corrected chi connectivity index (χ2v) is 3.97. The Balaban J connectivity index is 2.74. The highest BCUT2D eigenvalue weighted by Crippen LogP contribution is 2.22. The lowest BCUT2D eigenvalue weighted by atomic mass is 10.2. The van der Waals surface area contributed by atoms with Crippen LogP contribution in [0.3, 0.4) is 0 Å². The lowest BCUT2D eigenvalue weighted by molar-refractivity contribution is 0.393. The van der Waals surface area contributed by atoms with Gasteiger partial charge >= 0.3 is 0 Å². The van der Waals surface area contributed by atoms with Gasteiger partial charge in [0.15, 0.2) is 0 Å². The Hall–Kier alpha value is -1.07. The van der Waals surface area contributed by atoms with Gasteiger partial charge in [-0.25, -0.2) is 5.84 Å². The fourth-order valence-corrected chi connectivity index (χ4v) is 2.05. The van der Waals surface area contributed by atoms with Crippen molar-refractivity contribution < 1.29 is 0 Å². The molecule has 78 valence electrons. The van der Waals surface area contributed by atoms with Gasteiger partial charge in [0, 0.05) is 19.0 Å². The van der Waals surface area contributed by atoms with E-state index < -0.39 is 0 Å². The highest BCUT2D eigenvalue weighted by Gasteiger charge is 2.14. The second-order valence-electron chi connectivity index (χ2n) is 2.99. The van der Waals surface area contributed by atoms with Crippen LogP contribution in [0.2, 0.25) is 0 Å².